The molecule has 0 amide bonds. The molecule has 0 N–H and O–H groups in total. The molecule has 0 unspecified atom stereocenters. The van der Waals surface area contributed by atoms with E-state index in [1.165, 1.54) is 4.57 Å². The predicted molar refractivity (Wildman–Crippen MR) is 120 cm³/mol. The third-order valence-electron chi connectivity index (χ3n) is 5.06. The molecule has 0 bridgehead atoms. The zero-order valence-corrected chi connectivity index (χ0v) is 17.7. The Kier molecular flexibility index (Phi) is 6.55. The lowest BCUT2D eigenvalue weighted by molar-refractivity contribution is -0.144. The molecule has 0 atom stereocenters. The third-order valence-corrected chi connectivity index (χ3v) is 5.06. The van der Waals surface area contributed by atoms with E-state index in [2.05, 4.69) is 9.97 Å². The molecule has 2 heterocycles. The fraction of sp³-hybridized carbons (Fsp3) is 0.200. The van der Waals surface area contributed by atoms with Crippen molar-refractivity contribution < 1.29 is 14.3 Å². The third kappa shape index (κ3) is 5.18. The molecule has 7 nitrogen and oxygen atoms in total. The number of fused-ring (bicyclic) bond motifs is 1. The van der Waals surface area contributed by atoms with E-state index < -0.39 is 0 Å². The highest BCUT2D eigenvalue weighted by atomic mass is 16.5. The first kappa shape index (κ1) is 21.2. The fourth-order valence-electron chi connectivity index (χ4n) is 3.26. The van der Waals surface area contributed by atoms with Crippen molar-refractivity contribution in [2.75, 3.05) is 0 Å². The summed E-state index contributed by atoms with van der Waals surface area (Å²) in [6, 6.07) is 20.2. The zero-order valence-electron chi connectivity index (χ0n) is 17.7. The highest BCUT2D eigenvalue weighted by Gasteiger charge is 2.11. The number of carbonyl (C=O) groups excluding carboxylic acids is 1. The van der Waals surface area contributed by atoms with E-state index in [0.717, 1.165) is 11.3 Å². The van der Waals surface area contributed by atoms with Crippen molar-refractivity contribution in [3.63, 3.8) is 0 Å². The molecule has 2 aromatic heterocycles. The first-order valence-corrected chi connectivity index (χ1v) is 10.3. The Morgan fingerprint density at radius 1 is 0.969 bits per heavy atom. The summed E-state index contributed by atoms with van der Waals surface area (Å²) in [5, 5.41) is 0.564. The van der Waals surface area contributed by atoms with Crippen molar-refractivity contribution in [2.24, 2.45) is 7.05 Å². The Bertz CT molecular complexity index is 1270. The van der Waals surface area contributed by atoms with Gasteiger partial charge in [0.25, 0.3) is 5.56 Å². The summed E-state index contributed by atoms with van der Waals surface area (Å²) in [6.07, 6.45) is 2.20. The minimum atomic E-state index is -0.345. The van der Waals surface area contributed by atoms with Crippen LogP contribution in [-0.2, 0) is 36.2 Å². The maximum absolute atomic E-state index is 12.5. The number of para-hydroxylation sites is 1. The van der Waals surface area contributed by atoms with E-state index in [0.29, 0.717) is 35.5 Å². The molecular weight excluding hydrogens is 406 g/mol. The van der Waals surface area contributed by atoms with Crippen molar-refractivity contribution in [1.29, 1.82) is 0 Å². The average Bonchev–Trinajstić information content (AvgIpc) is 2.84. The van der Waals surface area contributed by atoms with Gasteiger partial charge in [0.2, 0.25) is 0 Å². The van der Waals surface area contributed by atoms with Crippen LogP contribution < -0.4 is 10.3 Å². The van der Waals surface area contributed by atoms with Crippen LogP contribution in [0.2, 0.25) is 0 Å². The molecule has 2 aromatic carbocycles. The first-order valence-electron chi connectivity index (χ1n) is 10.3. The molecule has 4 rings (SSSR count). The number of pyridine rings is 1. The highest BCUT2D eigenvalue weighted by Crippen LogP contribution is 2.15. The number of benzene rings is 2. The standard InChI is InChI=1S/C25H23N3O4/c1-28-23(27-22-8-3-2-7-21(22)25(28)30)13-14-24(29)32-16-18-9-11-20(12-10-18)31-17-19-6-4-5-15-26-19/h2-12,15H,13-14,16-17H2,1H3. The summed E-state index contributed by atoms with van der Waals surface area (Å²) >= 11 is 0. The van der Waals surface area contributed by atoms with Gasteiger partial charge in [0.05, 0.1) is 23.0 Å². The molecule has 0 aliphatic heterocycles. The number of ether oxygens (including phenoxy) is 2. The largest absolute Gasteiger partial charge is 0.487 e. The number of aromatic nitrogens is 3. The smallest absolute Gasteiger partial charge is 0.306 e. The second kappa shape index (κ2) is 9.87. The van der Waals surface area contributed by atoms with E-state index in [1.54, 1.807) is 25.4 Å². The number of hydrogen-bond donors (Lipinski definition) is 0. The molecular formula is C25H23N3O4. The number of rotatable bonds is 8. The Hall–Kier alpha value is -4.00. The minimum Gasteiger partial charge on any atom is -0.487 e. The Labute approximate surface area is 185 Å². The van der Waals surface area contributed by atoms with Crippen LogP contribution in [0.4, 0.5) is 0 Å². The molecule has 4 aromatic rings. The Morgan fingerprint density at radius 2 is 1.75 bits per heavy atom. The van der Waals surface area contributed by atoms with Crippen LogP contribution in [0.1, 0.15) is 23.5 Å². The molecule has 0 saturated heterocycles. The normalized spacial score (nSPS) is 10.8. The fourth-order valence-corrected chi connectivity index (χ4v) is 3.26. The second-order valence-corrected chi connectivity index (χ2v) is 7.32. The zero-order chi connectivity index (χ0) is 22.3. The van der Waals surface area contributed by atoms with E-state index in [9.17, 15) is 9.59 Å². The quantitative estimate of drug-likeness (QED) is 0.398. The van der Waals surface area contributed by atoms with E-state index in [4.69, 9.17) is 9.47 Å². The minimum absolute atomic E-state index is 0.121. The van der Waals surface area contributed by atoms with Crippen molar-refractivity contribution in [3.8, 4) is 5.75 Å². The predicted octanol–water partition coefficient (Wildman–Crippen LogP) is 3.58. The summed E-state index contributed by atoms with van der Waals surface area (Å²) in [5.41, 5.74) is 2.22. The van der Waals surface area contributed by atoms with Crippen molar-refractivity contribution in [3.05, 3.63) is 100 Å². The summed E-state index contributed by atoms with van der Waals surface area (Å²) in [7, 11) is 1.67. The van der Waals surface area contributed by atoms with Gasteiger partial charge in [-0.15, -0.1) is 0 Å². The van der Waals surface area contributed by atoms with Gasteiger partial charge in [0.1, 0.15) is 24.8 Å². The van der Waals surface area contributed by atoms with Gasteiger partial charge in [-0.1, -0.05) is 30.3 Å². The first-order chi connectivity index (χ1) is 15.6. The molecule has 0 saturated carbocycles. The van der Waals surface area contributed by atoms with Crippen molar-refractivity contribution >= 4 is 16.9 Å². The molecule has 0 spiro atoms. The van der Waals surface area contributed by atoms with Gasteiger partial charge in [-0.05, 0) is 42.0 Å². The number of esters is 1. The molecule has 0 fully saturated rings. The lowest BCUT2D eigenvalue weighted by Gasteiger charge is -2.10. The summed E-state index contributed by atoms with van der Waals surface area (Å²) in [4.78, 5) is 33.4. The average molecular weight is 429 g/mol. The van der Waals surface area contributed by atoms with Gasteiger partial charge in [0.15, 0.2) is 0 Å². The molecule has 32 heavy (non-hydrogen) atoms. The maximum atomic E-state index is 12.5. The SMILES string of the molecule is Cn1c(CCC(=O)OCc2ccc(OCc3ccccn3)cc2)nc2ccccc2c1=O. The molecule has 0 radical (unpaired) electrons. The number of nitrogens with zero attached hydrogens (tertiary/aromatic N) is 3. The molecule has 7 heteroatoms. The monoisotopic (exact) mass is 429 g/mol. The van der Waals surface area contributed by atoms with Gasteiger partial charge in [-0.3, -0.25) is 19.1 Å². The van der Waals surface area contributed by atoms with Gasteiger partial charge in [0, 0.05) is 19.7 Å². The van der Waals surface area contributed by atoms with Crippen molar-refractivity contribution in [2.45, 2.75) is 26.1 Å². The lowest BCUT2D eigenvalue weighted by atomic mass is 10.2. The molecule has 0 aliphatic carbocycles. The van der Waals surface area contributed by atoms with Crippen LogP contribution in [0.5, 0.6) is 5.75 Å². The van der Waals surface area contributed by atoms with Gasteiger partial charge in [-0.25, -0.2) is 4.98 Å². The summed E-state index contributed by atoms with van der Waals surface area (Å²) in [6.45, 7) is 0.559. The van der Waals surface area contributed by atoms with Crippen LogP contribution in [0.15, 0.2) is 77.7 Å². The Balaban J connectivity index is 1.27. The van der Waals surface area contributed by atoms with E-state index in [1.807, 2.05) is 54.6 Å². The number of hydrogen-bond acceptors (Lipinski definition) is 6. The van der Waals surface area contributed by atoms with Crippen LogP contribution in [0, 0.1) is 0 Å². The van der Waals surface area contributed by atoms with Gasteiger partial charge in [-0.2, -0.15) is 0 Å². The van der Waals surface area contributed by atoms with Gasteiger partial charge < -0.3 is 9.47 Å². The molecule has 0 aliphatic rings. The van der Waals surface area contributed by atoms with Crippen molar-refractivity contribution in [1.82, 2.24) is 14.5 Å². The number of carbonyl (C=O) groups is 1. The molecule has 162 valence electrons. The van der Waals surface area contributed by atoms with Crippen LogP contribution in [0.3, 0.4) is 0 Å². The van der Waals surface area contributed by atoms with E-state index in [-0.39, 0.29) is 24.6 Å². The lowest BCUT2D eigenvalue weighted by Crippen LogP contribution is -2.23. The Morgan fingerprint density at radius 3 is 2.53 bits per heavy atom. The number of aryl methyl sites for hydroxylation is 1. The highest BCUT2D eigenvalue weighted by molar-refractivity contribution is 5.77. The second-order valence-electron chi connectivity index (χ2n) is 7.32. The van der Waals surface area contributed by atoms with Crippen LogP contribution in [0.25, 0.3) is 10.9 Å². The summed E-state index contributed by atoms with van der Waals surface area (Å²) < 4.78 is 12.6. The van der Waals surface area contributed by atoms with Gasteiger partial charge >= 0.3 is 5.97 Å². The summed E-state index contributed by atoms with van der Waals surface area (Å²) in [5.74, 6) is 0.928. The van der Waals surface area contributed by atoms with Crippen LogP contribution >= 0.6 is 0 Å². The topological polar surface area (TPSA) is 83.3 Å². The van der Waals surface area contributed by atoms with Crippen LogP contribution in [-0.4, -0.2) is 20.5 Å². The van der Waals surface area contributed by atoms with E-state index >= 15 is 0 Å². The maximum Gasteiger partial charge on any atom is 0.306 e.